The summed E-state index contributed by atoms with van der Waals surface area (Å²) < 4.78 is 5.37. The molecular formula is C27H28N2O. The van der Waals surface area contributed by atoms with Gasteiger partial charge in [-0.05, 0) is 65.4 Å². The van der Waals surface area contributed by atoms with E-state index in [9.17, 15) is 0 Å². The Morgan fingerprint density at radius 2 is 1.77 bits per heavy atom. The number of nitrogens with zero attached hydrogens (tertiary/aromatic N) is 1. The third-order valence-corrected chi connectivity index (χ3v) is 6.34. The lowest BCUT2D eigenvalue weighted by molar-refractivity contribution is 0.279. The van der Waals surface area contributed by atoms with Crippen LogP contribution in [0.5, 0.6) is 5.75 Å². The highest BCUT2D eigenvalue weighted by atomic mass is 16.5. The second-order valence-electron chi connectivity index (χ2n) is 8.29. The van der Waals surface area contributed by atoms with Gasteiger partial charge in [-0.3, -0.25) is 4.90 Å². The van der Waals surface area contributed by atoms with E-state index in [1.165, 1.54) is 44.4 Å². The zero-order valence-electron chi connectivity index (χ0n) is 17.7. The number of aryl methyl sites for hydroxylation is 1. The molecule has 0 atom stereocenters. The lowest BCUT2D eigenvalue weighted by Crippen LogP contribution is -2.26. The minimum absolute atomic E-state index is 0.909. The van der Waals surface area contributed by atoms with Gasteiger partial charge >= 0.3 is 0 Å². The van der Waals surface area contributed by atoms with Gasteiger partial charge in [-0.2, -0.15) is 0 Å². The maximum absolute atomic E-state index is 5.37. The molecule has 30 heavy (non-hydrogen) atoms. The van der Waals surface area contributed by atoms with Crippen molar-refractivity contribution in [2.45, 2.75) is 26.3 Å². The average Bonchev–Trinajstić information content (AvgIpc) is 3.00. The van der Waals surface area contributed by atoms with Gasteiger partial charge in [0.1, 0.15) is 5.75 Å². The number of rotatable bonds is 4. The SMILES string of the molecule is COc1ccc(-c2ccc3[nH]c4c(c3c2)CCN(Cc2ccccc2)CC4)c(C)c1. The van der Waals surface area contributed by atoms with E-state index in [0.29, 0.717) is 0 Å². The molecule has 0 aliphatic carbocycles. The zero-order valence-corrected chi connectivity index (χ0v) is 17.7. The highest BCUT2D eigenvalue weighted by molar-refractivity contribution is 5.89. The number of nitrogens with one attached hydrogen (secondary N) is 1. The predicted molar refractivity (Wildman–Crippen MR) is 124 cm³/mol. The van der Waals surface area contributed by atoms with Crippen LogP contribution in [-0.2, 0) is 19.4 Å². The molecule has 1 N–H and O–H groups in total. The van der Waals surface area contributed by atoms with Crippen molar-refractivity contribution in [3.63, 3.8) is 0 Å². The van der Waals surface area contributed by atoms with E-state index in [1.54, 1.807) is 7.11 Å². The number of methoxy groups -OCH3 is 1. The van der Waals surface area contributed by atoms with Crippen molar-refractivity contribution in [3.8, 4) is 16.9 Å². The van der Waals surface area contributed by atoms with Gasteiger partial charge < -0.3 is 9.72 Å². The van der Waals surface area contributed by atoms with Crippen molar-refractivity contribution >= 4 is 10.9 Å². The summed E-state index contributed by atoms with van der Waals surface area (Å²) in [5.41, 5.74) is 9.33. The fourth-order valence-corrected chi connectivity index (χ4v) is 4.71. The van der Waals surface area contributed by atoms with Gasteiger partial charge in [0, 0.05) is 42.7 Å². The first-order valence-electron chi connectivity index (χ1n) is 10.8. The standard InChI is InChI=1S/C27H28N2O/c1-19-16-22(30-2)9-10-23(19)21-8-11-26-25(17-21)24-12-14-29(15-13-27(24)28-26)18-20-6-4-3-5-7-20/h3-11,16-17,28H,12-15,18H2,1-2H3. The van der Waals surface area contributed by atoms with E-state index in [1.807, 2.05) is 6.07 Å². The Morgan fingerprint density at radius 1 is 0.933 bits per heavy atom. The van der Waals surface area contributed by atoms with Crippen LogP contribution < -0.4 is 4.74 Å². The fourth-order valence-electron chi connectivity index (χ4n) is 4.71. The molecule has 3 aromatic carbocycles. The lowest BCUT2D eigenvalue weighted by atomic mass is 9.97. The van der Waals surface area contributed by atoms with E-state index in [0.717, 1.165) is 38.2 Å². The first kappa shape index (κ1) is 19.0. The first-order chi connectivity index (χ1) is 14.7. The molecule has 152 valence electrons. The molecule has 3 heteroatoms. The van der Waals surface area contributed by atoms with Crippen molar-refractivity contribution in [2.75, 3.05) is 20.2 Å². The number of fused-ring (bicyclic) bond motifs is 3. The van der Waals surface area contributed by atoms with Crippen molar-refractivity contribution < 1.29 is 4.74 Å². The van der Waals surface area contributed by atoms with Gasteiger partial charge in [0.2, 0.25) is 0 Å². The summed E-state index contributed by atoms with van der Waals surface area (Å²) in [5.74, 6) is 0.909. The smallest absolute Gasteiger partial charge is 0.119 e. The average molecular weight is 397 g/mol. The molecule has 0 spiro atoms. The molecule has 5 rings (SSSR count). The molecule has 0 saturated carbocycles. The second kappa shape index (κ2) is 8.00. The molecule has 0 fully saturated rings. The summed E-state index contributed by atoms with van der Waals surface area (Å²) in [7, 11) is 1.72. The van der Waals surface area contributed by atoms with Crippen LogP contribution in [0.4, 0.5) is 0 Å². The molecule has 1 aliphatic rings. The number of hydrogen-bond donors (Lipinski definition) is 1. The highest BCUT2D eigenvalue weighted by Crippen LogP contribution is 2.33. The summed E-state index contributed by atoms with van der Waals surface area (Å²) in [4.78, 5) is 6.28. The quantitative estimate of drug-likeness (QED) is 0.475. The van der Waals surface area contributed by atoms with Crippen LogP contribution in [0.2, 0.25) is 0 Å². The minimum Gasteiger partial charge on any atom is -0.497 e. The van der Waals surface area contributed by atoms with Gasteiger partial charge in [-0.25, -0.2) is 0 Å². The monoisotopic (exact) mass is 396 g/mol. The zero-order chi connectivity index (χ0) is 20.5. The minimum atomic E-state index is 0.909. The topological polar surface area (TPSA) is 28.3 Å². The number of aromatic amines is 1. The van der Waals surface area contributed by atoms with Crippen LogP contribution in [0.1, 0.15) is 22.4 Å². The van der Waals surface area contributed by atoms with Crippen LogP contribution in [0, 0.1) is 6.92 Å². The van der Waals surface area contributed by atoms with E-state index in [2.05, 4.69) is 77.5 Å². The third kappa shape index (κ3) is 3.61. The van der Waals surface area contributed by atoms with E-state index in [-0.39, 0.29) is 0 Å². The second-order valence-corrected chi connectivity index (χ2v) is 8.29. The Labute approximate surface area is 178 Å². The normalized spacial score (nSPS) is 14.5. The molecule has 1 aliphatic heterocycles. The van der Waals surface area contributed by atoms with Gasteiger partial charge in [-0.15, -0.1) is 0 Å². The molecule has 0 bridgehead atoms. The number of benzene rings is 3. The molecule has 0 amide bonds. The first-order valence-corrected chi connectivity index (χ1v) is 10.8. The van der Waals surface area contributed by atoms with Crippen molar-refractivity contribution in [1.82, 2.24) is 9.88 Å². The highest BCUT2D eigenvalue weighted by Gasteiger charge is 2.19. The van der Waals surface area contributed by atoms with Crippen LogP contribution in [0.3, 0.4) is 0 Å². The van der Waals surface area contributed by atoms with Crippen molar-refractivity contribution in [1.29, 1.82) is 0 Å². The summed E-state index contributed by atoms with van der Waals surface area (Å²) in [5, 5.41) is 1.37. The van der Waals surface area contributed by atoms with Crippen LogP contribution in [0.25, 0.3) is 22.0 Å². The Morgan fingerprint density at radius 3 is 2.57 bits per heavy atom. The fraction of sp³-hybridized carbons (Fsp3) is 0.259. The number of hydrogen-bond acceptors (Lipinski definition) is 2. The Bertz CT molecular complexity index is 1180. The van der Waals surface area contributed by atoms with Crippen LogP contribution >= 0.6 is 0 Å². The number of aromatic nitrogens is 1. The maximum atomic E-state index is 5.37. The van der Waals surface area contributed by atoms with Crippen LogP contribution in [-0.4, -0.2) is 30.1 Å². The van der Waals surface area contributed by atoms with Crippen molar-refractivity contribution in [3.05, 3.63) is 89.1 Å². The molecule has 0 saturated heterocycles. The molecule has 4 aromatic rings. The third-order valence-electron chi connectivity index (χ3n) is 6.34. The summed E-state index contributed by atoms with van der Waals surface area (Å²) in [6, 6.07) is 24.0. The van der Waals surface area contributed by atoms with E-state index in [4.69, 9.17) is 4.74 Å². The molecule has 1 aromatic heterocycles. The van der Waals surface area contributed by atoms with Gasteiger partial charge in [0.05, 0.1) is 7.11 Å². The lowest BCUT2D eigenvalue weighted by Gasteiger charge is -2.19. The Kier molecular flexibility index (Phi) is 5.06. The number of ether oxygens (including phenoxy) is 1. The predicted octanol–water partition coefficient (Wildman–Crippen LogP) is 5.75. The molecule has 2 heterocycles. The molecular weight excluding hydrogens is 368 g/mol. The molecule has 3 nitrogen and oxygen atoms in total. The number of H-pyrrole nitrogens is 1. The van der Waals surface area contributed by atoms with Gasteiger partial charge in [-0.1, -0.05) is 42.5 Å². The van der Waals surface area contributed by atoms with Crippen molar-refractivity contribution in [2.24, 2.45) is 0 Å². The summed E-state index contributed by atoms with van der Waals surface area (Å²) in [6.45, 7) is 5.38. The molecule has 0 radical (unpaired) electrons. The molecule has 0 unspecified atom stereocenters. The largest absolute Gasteiger partial charge is 0.497 e. The summed E-state index contributed by atoms with van der Waals surface area (Å²) >= 11 is 0. The van der Waals surface area contributed by atoms with E-state index >= 15 is 0 Å². The van der Waals surface area contributed by atoms with Crippen LogP contribution in [0.15, 0.2) is 66.7 Å². The van der Waals surface area contributed by atoms with Gasteiger partial charge in [0.25, 0.3) is 0 Å². The van der Waals surface area contributed by atoms with E-state index < -0.39 is 0 Å². The summed E-state index contributed by atoms with van der Waals surface area (Å²) in [6.07, 6.45) is 2.17. The van der Waals surface area contributed by atoms with Gasteiger partial charge in [0.15, 0.2) is 0 Å². The Balaban J connectivity index is 1.43. The Hall–Kier alpha value is -3.04. The maximum Gasteiger partial charge on any atom is 0.119 e.